The summed E-state index contributed by atoms with van der Waals surface area (Å²) in [4.78, 5) is 12.3. The summed E-state index contributed by atoms with van der Waals surface area (Å²) in [6.07, 6.45) is 4.45. The van der Waals surface area contributed by atoms with Gasteiger partial charge < -0.3 is 5.32 Å². The zero-order valence-corrected chi connectivity index (χ0v) is 16.8. The normalized spacial score (nSPS) is 11.7. The molecule has 0 bridgehead atoms. The molecule has 0 aliphatic rings. The maximum Gasteiger partial charge on any atom is 0.251 e. The van der Waals surface area contributed by atoms with Gasteiger partial charge in [0.15, 0.2) is 0 Å². The molecule has 9 heteroatoms. The quantitative estimate of drug-likeness (QED) is 0.683. The summed E-state index contributed by atoms with van der Waals surface area (Å²) in [6, 6.07) is 4.54. The number of aryl methyl sites for hydroxylation is 2. The third kappa shape index (κ3) is 4.90. The van der Waals surface area contributed by atoms with E-state index >= 15 is 0 Å². The van der Waals surface area contributed by atoms with Gasteiger partial charge in [0.25, 0.3) is 5.91 Å². The number of hydrogen-bond donors (Lipinski definition) is 1. The average molecular weight is 429 g/mol. The van der Waals surface area contributed by atoms with Gasteiger partial charge in [0, 0.05) is 43.4 Å². The zero-order valence-electron chi connectivity index (χ0n) is 14.4. The highest BCUT2D eigenvalue weighted by Gasteiger charge is 2.22. The predicted molar refractivity (Wildman–Crippen MR) is 98.9 cm³/mol. The van der Waals surface area contributed by atoms with Gasteiger partial charge in [0.2, 0.25) is 10.0 Å². The SMILES string of the molecule is Cc1cnn(CCCNC(=O)c2ccc(Br)c(S(=O)(=O)N(C)C)c2)c1. The number of sulfonamides is 1. The van der Waals surface area contributed by atoms with E-state index in [0.717, 1.165) is 16.3 Å². The van der Waals surface area contributed by atoms with Crippen LogP contribution in [0.4, 0.5) is 0 Å². The van der Waals surface area contributed by atoms with Gasteiger partial charge in [-0.25, -0.2) is 12.7 Å². The number of rotatable bonds is 7. The molecule has 136 valence electrons. The Morgan fingerprint density at radius 1 is 1.36 bits per heavy atom. The van der Waals surface area contributed by atoms with Crippen molar-refractivity contribution < 1.29 is 13.2 Å². The molecule has 1 aromatic heterocycles. The van der Waals surface area contributed by atoms with Crippen molar-refractivity contribution in [3.05, 3.63) is 46.2 Å². The Labute approximate surface area is 156 Å². The number of carbonyl (C=O) groups is 1. The third-order valence-corrected chi connectivity index (χ3v) is 6.37. The molecule has 2 aromatic rings. The third-order valence-electron chi connectivity index (χ3n) is 3.56. The fourth-order valence-corrected chi connectivity index (χ4v) is 4.02. The molecule has 2 rings (SSSR count). The van der Waals surface area contributed by atoms with Crippen LogP contribution in [0.25, 0.3) is 0 Å². The molecule has 1 N–H and O–H groups in total. The van der Waals surface area contributed by atoms with E-state index in [-0.39, 0.29) is 10.8 Å². The first-order chi connectivity index (χ1) is 11.7. The summed E-state index contributed by atoms with van der Waals surface area (Å²) in [5.41, 5.74) is 1.40. The molecule has 0 atom stereocenters. The van der Waals surface area contributed by atoms with Crippen LogP contribution in [0.2, 0.25) is 0 Å². The Balaban J connectivity index is 2.00. The van der Waals surface area contributed by atoms with Crippen molar-refractivity contribution >= 4 is 31.9 Å². The number of halogens is 1. The van der Waals surface area contributed by atoms with Crippen molar-refractivity contribution in [3.8, 4) is 0 Å². The van der Waals surface area contributed by atoms with E-state index in [1.54, 1.807) is 18.3 Å². The zero-order chi connectivity index (χ0) is 18.6. The topological polar surface area (TPSA) is 84.3 Å². The maximum absolute atomic E-state index is 12.3. The minimum absolute atomic E-state index is 0.0668. The van der Waals surface area contributed by atoms with Crippen LogP contribution < -0.4 is 5.32 Å². The number of aromatic nitrogens is 2. The molecule has 0 saturated heterocycles. The van der Waals surface area contributed by atoms with E-state index in [4.69, 9.17) is 0 Å². The molecule has 1 heterocycles. The molecule has 0 radical (unpaired) electrons. The summed E-state index contributed by atoms with van der Waals surface area (Å²) in [6.45, 7) is 3.15. The largest absolute Gasteiger partial charge is 0.352 e. The Kier molecular flexibility index (Phi) is 6.36. The molecule has 0 aliphatic carbocycles. The molecule has 1 aromatic carbocycles. The van der Waals surface area contributed by atoms with Crippen LogP contribution in [0, 0.1) is 6.92 Å². The van der Waals surface area contributed by atoms with Crippen molar-refractivity contribution in [2.24, 2.45) is 0 Å². The van der Waals surface area contributed by atoms with Gasteiger partial charge in [0.05, 0.1) is 11.1 Å². The number of hydrogen-bond acceptors (Lipinski definition) is 4. The van der Waals surface area contributed by atoms with E-state index in [1.165, 1.54) is 20.2 Å². The van der Waals surface area contributed by atoms with Crippen LogP contribution in [0.15, 0.2) is 40.0 Å². The second-order valence-corrected chi connectivity index (χ2v) is 8.80. The lowest BCUT2D eigenvalue weighted by atomic mass is 10.2. The lowest BCUT2D eigenvalue weighted by molar-refractivity contribution is 0.0952. The minimum Gasteiger partial charge on any atom is -0.352 e. The summed E-state index contributed by atoms with van der Waals surface area (Å²) in [5.74, 6) is -0.306. The summed E-state index contributed by atoms with van der Waals surface area (Å²) in [5, 5.41) is 6.98. The average Bonchev–Trinajstić information content (AvgIpc) is 2.96. The summed E-state index contributed by atoms with van der Waals surface area (Å²) >= 11 is 3.23. The van der Waals surface area contributed by atoms with E-state index in [2.05, 4.69) is 26.3 Å². The molecular weight excluding hydrogens is 408 g/mol. The second-order valence-electron chi connectivity index (χ2n) is 5.82. The van der Waals surface area contributed by atoms with Crippen molar-refractivity contribution in [2.75, 3.05) is 20.6 Å². The smallest absolute Gasteiger partial charge is 0.251 e. The first-order valence-electron chi connectivity index (χ1n) is 7.71. The van der Waals surface area contributed by atoms with Crippen molar-refractivity contribution in [1.29, 1.82) is 0 Å². The van der Waals surface area contributed by atoms with Crippen LogP contribution >= 0.6 is 15.9 Å². The first-order valence-corrected chi connectivity index (χ1v) is 9.94. The van der Waals surface area contributed by atoms with E-state index < -0.39 is 10.0 Å². The minimum atomic E-state index is -3.63. The predicted octanol–water partition coefficient (Wildman–Crippen LogP) is 2.02. The van der Waals surface area contributed by atoms with Gasteiger partial charge in [0.1, 0.15) is 0 Å². The number of nitrogens with one attached hydrogen (secondary N) is 1. The maximum atomic E-state index is 12.3. The molecule has 0 saturated carbocycles. The Morgan fingerprint density at radius 2 is 2.08 bits per heavy atom. The molecular formula is C16H21BrN4O3S. The van der Waals surface area contributed by atoms with Gasteiger partial charge in [-0.15, -0.1) is 0 Å². The van der Waals surface area contributed by atoms with Crippen molar-refractivity contribution in [3.63, 3.8) is 0 Å². The molecule has 0 spiro atoms. The lowest BCUT2D eigenvalue weighted by Crippen LogP contribution is -2.26. The highest BCUT2D eigenvalue weighted by molar-refractivity contribution is 9.10. The Bertz CT molecular complexity index is 862. The highest BCUT2D eigenvalue weighted by atomic mass is 79.9. The van der Waals surface area contributed by atoms with Crippen molar-refractivity contribution in [1.82, 2.24) is 19.4 Å². The number of nitrogens with zero attached hydrogens (tertiary/aromatic N) is 3. The van der Waals surface area contributed by atoms with Crippen LogP contribution in [-0.2, 0) is 16.6 Å². The van der Waals surface area contributed by atoms with Crippen molar-refractivity contribution in [2.45, 2.75) is 24.8 Å². The molecule has 0 unspecified atom stereocenters. The second kappa shape index (κ2) is 8.11. The van der Waals surface area contributed by atoms with E-state index in [0.29, 0.717) is 23.1 Å². The van der Waals surface area contributed by atoms with Gasteiger partial charge in [-0.3, -0.25) is 9.48 Å². The standard InChI is InChI=1S/C16H21BrN4O3S/c1-12-10-19-21(11-12)8-4-7-18-16(22)13-5-6-14(17)15(9-13)25(23,24)20(2)3/h5-6,9-11H,4,7-8H2,1-3H3,(H,18,22). The van der Waals surface area contributed by atoms with Crippen LogP contribution in [0.1, 0.15) is 22.3 Å². The fourth-order valence-electron chi connectivity index (χ4n) is 2.17. The Morgan fingerprint density at radius 3 is 2.68 bits per heavy atom. The van der Waals surface area contributed by atoms with Gasteiger partial charge in [-0.1, -0.05) is 0 Å². The fraction of sp³-hybridized carbons (Fsp3) is 0.375. The number of benzene rings is 1. The van der Waals surface area contributed by atoms with E-state index in [1.807, 2.05) is 17.8 Å². The molecule has 7 nitrogen and oxygen atoms in total. The van der Waals surface area contributed by atoms with Gasteiger partial charge in [-0.05, 0) is 53.0 Å². The van der Waals surface area contributed by atoms with Gasteiger partial charge >= 0.3 is 0 Å². The summed E-state index contributed by atoms with van der Waals surface area (Å²) < 4.78 is 28.0. The Hall–Kier alpha value is -1.71. The van der Waals surface area contributed by atoms with Crippen LogP contribution in [0.3, 0.4) is 0 Å². The highest BCUT2D eigenvalue weighted by Crippen LogP contribution is 2.25. The molecule has 0 fully saturated rings. The first kappa shape index (κ1) is 19.6. The lowest BCUT2D eigenvalue weighted by Gasteiger charge is -2.14. The van der Waals surface area contributed by atoms with Crippen LogP contribution in [-0.4, -0.2) is 49.1 Å². The van der Waals surface area contributed by atoms with Gasteiger partial charge in [-0.2, -0.15) is 5.10 Å². The number of carbonyl (C=O) groups excluding carboxylic acids is 1. The van der Waals surface area contributed by atoms with Crippen LogP contribution in [0.5, 0.6) is 0 Å². The number of amides is 1. The summed E-state index contributed by atoms with van der Waals surface area (Å²) in [7, 11) is -0.728. The molecule has 0 aliphatic heterocycles. The monoisotopic (exact) mass is 428 g/mol. The van der Waals surface area contributed by atoms with E-state index in [9.17, 15) is 13.2 Å². The molecule has 1 amide bonds. The molecule has 25 heavy (non-hydrogen) atoms.